The van der Waals surface area contributed by atoms with E-state index in [4.69, 9.17) is 0 Å². The Morgan fingerprint density at radius 1 is 0.810 bits per heavy atom. The van der Waals surface area contributed by atoms with Crippen molar-refractivity contribution in [3.63, 3.8) is 0 Å². The predicted molar refractivity (Wildman–Crippen MR) is 90.6 cm³/mol. The van der Waals surface area contributed by atoms with E-state index < -0.39 is 0 Å². The standard InChI is InChI=1S/C19H24N2/c1-2-3-10-17-15-20(18-11-6-4-7-12-18)21(16-17)19-13-8-5-9-14-19/h4-9,11-14,17H,2-3,10,15-16H2,1H3. The van der Waals surface area contributed by atoms with Crippen molar-refractivity contribution in [2.24, 2.45) is 5.92 Å². The highest BCUT2D eigenvalue weighted by molar-refractivity contribution is 5.59. The molecule has 2 aromatic carbocycles. The molecule has 110 valence electrons. The first-order chi connectivity index (χ1) is 10.4. The average Bonchev–Trinajstić information content (AvgIpc) is 2.99. The molecule has 0 spiro atoms. The molecule has 0 aromatic heterocycles. The minimum atomic E-state index is 0.755. The molecule has 1 aliphatic rings. The zero-order valence-electron chi connectivity index (χ0n) is 12.8. The van der Waals surface area contributed by atoms with Gasteiger partial charge in [-0.15, -0.1) is 0 Å². The molecule has 1 aliphatic heterocycles. The lowest BCUT2D eigenvalue weighted by molar-refractivity contribution is 0.533. The molecule has 0 bridgehead atoms. The van der Waals surface area contributed by atoms with Crippen LogP contribution in [0.25, 0.3) is 0 Å². The zero-order chi connectivity index (χ0) is 14.5. The van der Waals surface area contributed by atoms with E-state index in [1.165, 1.54) is 30.6 Å². The topological polar surface area (TPSA) is 6.48 Å². The Balaban J connectivity index is 1.84. The van der Waals surface area contributed by atoms with Crippen LogP contribution >= 0.6 is 0 Å². The van der Waals surface area contributed by atoms with Gasteiger partial charge in [-0.2, -0.15) is 0 Å². The van der Waals surface area contributed by atoms with E-state index in [1.54, 1.807) is 0 Å². The summed E-state index contributed by atoms with van der Waals surface area (Å²) in [5, 5.41) is 4.88. The fourth-order valence-electron chi connectivity index (χ4n) is 3.11. The van der Waals surface area contributed by atoms with E-state index in [0.717, 1.165) is 19.0 Å². The molecule has 0 radical (unpaired) electrons. The van der Waals surface area contributed by atoms with Crippen molar-refractivity contribution in [3.8, 4) is 0 Å². The van der Waals surface area contributed by atoms with Gasteiger partial charge in [-0.25, -0.2) is 0 Å². The minimum absolute atomic E-state index is 0.755. The average molecular weight is 280 g/mol. The summed E-state index contributed by atoms with van der Waals surface area (Å²) in [4.78, 5) is 0. The lowest BCUT2D eigenvalue weighted by Gasteiger charge is -2.31. The number of hydrogen-bond acceptors (Lipinski definition) is 2. The van der Waals surface area contributed by atoms with Crippen LogP contribution < -0.4 is 10.0 Å². The quantitative estimate of drug-likeness (QED) is 0.781. The fraction of sp³-hybridized carbons (Fsp3) is 0.368. The molecule has 3 rings (SSSR count). The number of rotatable bonds is 5. The van der Waals surface area contributed by atoms with Gasteiger partial charge in [-0.1, -0.05) is 56.2 Å². The number of para-hydroxylation sites is 2. The maximum Gasteiger partial charge on any atom is 0.0574 e. The van der Waals surface area contributed by atoms with Crippen LogP contribution in [0.3, 0.4) is 0 Å². The third kappa shape index (κ3) is 3.21. The third-order valence-electron chi connectivity index (χ3n) is 4.23. The van der Waals surface area contributed by atoms with Crippen molar-refractivity contribution < 1.29 is 0 Å². The minimum Gasteiger partial charge on any atom is -0.285 e. The summed E-state index contributed by atoms with van der Waals surface area (Å²) in [6, 6.07) is 21.5. The van der Waals surface area contributed by atoms with Crippen molar-refractivity contribution in [2.75, 3.05) is 23.1 Å². The molecule has 0 N–H and O–H groups in total. The van der Waals surface area contributed by atoms with Gasteiger partial charge in [0.05, 0.1) is 11.4 Å². The van der Waals surface area contributed by atoms with Crippen LogP contribution in [0.4, 0.5) is 11.4 Å². The smallest absolute Gasteiger partial charge is 0.0574 e. The Bertz CT molecular complexity index is 491. The van der Waals surface area contributed by atoms with Crippen molar-refractivity contribution >= 4 is 11.4 Å². The summed E-state index contributed by atoms with van der Waals surface area (Å²) in [6.07, 6.45) is 3.94. The normalized spacial score (nSPS) is 15.7. The summed E-state index contributed by atoms with van der Waals surface area (Å²) in [6.45, 7) is 4.52. The number of hydrogen-bond donors (Lipinski definition) is 0. The zero-order valence-corrected chi connectivity index (χ0v) is 12.8. The first-order valence-electron chi connectivity index (χ1n) is 8.03. The van der Waals surface area contributed by atoms with Crippen LogP contribution in [0.5, 0.6) is 0 Å². The second-order valence-electron chi connectivity index (χ2n) is 5.84. The molecule has 2 heteroatoms. The number of anilines is 2. The van der Waals surface area contributed by atoms with Crippen molar-refractivity contribution in [3.05, 3.63) is 60.7 Å². The lowest BCUT2D eigenvalue weighted by atomic mass is 10.0. The fourth-order valence-corrected chi connectivity index (χ4v) is 3.11. The van der Waals surface area contributed by atoms with Gasteiger partial charge in [-0.3, -0.25) is 10.0 Å². The van der Waals surface area contributed by atoms with E-state index in [9.17, 15) is 0 Å². The molecule has 1 heterocycles. The third-order valence-corrected chi connectivity index (χ3v) is 4.23. The van der Waals surface area contributed by atoms with Crippen LogP contribution in [0, 0.1) is 5.92 Å². The molecule has 0 amide bonds. The highest BCUT2D eigenvalue weighted by atomic mass is 15.6. The molecule has 0 unspecified atom stereocenters. The number of benzene rings is 2. The van der Waals surface area contributed by atoms with E-state index in [1.807, 2.05) is 0 Å². The first-order valence-corrected chi connectivity index (χ1v) is 8.03. The summed E-state index contributed by atoms with van der Waals surface area (Å²) in [5.41, 5.74) is 2.58. The molecule has 0 aliphatic carbocycles. The SMILES string of the molecule is CCCCC1CN(c2ccccc2)N(c2ccccc2)C1. The molecular weight excluding hydrogens is 256 g/mol. The Morgan fingerprint density at radius 2 is 1.29 bits per heavy atom. The Hall–Kier alpha value is -1.96. The summed E-state index contributed by atoms with van der Waals surface area (Å²) >= 11 is 0. The van der Waals surface area contributed by atoms with Crippen molar-refractivity contribution in [1.29, 1.82) is 0 Å². The summed E-state index contributed by atoms with van der Waals surface area (Å²) < 4.78 is 0. The Kier molecular flexibility index (Phi) is 4.44. The Morgan fingerprint density at radius 3 is 1.71 bits per heavy atom. The molecule has 0 saturated carbocycles. The molecule has 1 saturated heterocycles. The molecule has 21 heavy (non-hydrogen) atoms. The van der Waals surface area contributed by atoms with Crippen molar-refractivity contribution in [1.82, 2.24) is 0 Å². The molecule has 1 fully saturated rings. The molecule has 2 aromatic rings. The maximum atomic E-state index is 2.44. The molecule has 2 nitrogen and oxygen atoms in total. The summed E-state index contributed by atoms with van der Waals surface area (Å²) in [5.74, 6) is 0.755. The number of nitrogens with zero attached hydrogens (tertiary/aromatic N) is 2. The van der Waals surface area contributed by atoms with Gasteiger partial charge >= 0.3 is 0 Å². The number of unbranched alkanes of at least 4 members (excludes halogenated alkanes) is 1. The van der Waals surface area contributed by atoms with Crippen LogP contribution in [0.2, 0.25) is 0 Å². The van der Waals surface area contributed by atoms with E-state index >= 15 is 0 Å². The van der Waals surface area contributed by atoms with E-state index in [-0.39, 0.29) is 0 Å². The highest BCUT2D eigenvalue weighted by Crippen LogP contribution is 2.31. The van der Waals surface area contributed by atoms with E-state index in [2.05, 4.69) is 77.6 Å². The van der Waals surface area contributed by atoms with Gasteiger partial charge in [0.2, 0.25) is 0 Å². The number of hydrazine groups is 1. The molecule has 0 atom stereocenters. The molecular formula is C19H24N2. The van der Waals surface area contributed by atoms with Gasteiger partial charge in [0.25, 0.3) is 0 Å². The van der Waals surface area contributed by atoms with Gasteiger partial charge in [-0.05, 0) is 36.6 Å². The highest BCUT2D eigenvalue weighted by Gasteiger charge is 2.30. The van der Waals surface area contributed by atoms with Crippen LogP contribution in [0.1, 0.15) is 26.2 Å². The lowest BCUT2D eigenvalue weighted by Crippen LogP contribution is -2.36. The predicted octanol–water partition coefficient (Wildman–Crippen LogP) is 4.73. The maximum absolute atomic E-state index is 2.44. The van der Waals surface area contributed by atoms with Crippen LogP contribution in [0.15, 0.2) is 60.7 Å². The van der Waals surface area contributed by atoms with E-state index in [0.29, 0.717) is 0 Å². The van der Waals surface area contributed by atoms with Gasteiger partial charge < -0.3 is 0 Å². The van der Waals surface area contributed by atoms with Crippen LogP contribution in [-0.4, -0.2) is 13.1 Å². The second kappa shape index (κ2) is 6.66. The van der Waals surface area contributed by atoms with Crippen LogP contribution in [-0.2, 0) is 0 Å². The van der Waals surface area contributed by atoms with Gasteiger partial charge in [0, 0.05) is 13.1 Å². The Labute approximate surface area is 128 Å². The van der Waals surface area contributed by atoms with Gasteiger partial charge in [0.15, 0.2) is 0 Å². The second-order valence-corrected chi connectivity index (χ2v) is 5.84. The van der Waals surface area contributed by atoms with Gasteiger partial charge in [0.1, 0.15) is 0 Å². The monoisotopic (exact) mass is 280 g/mol. The van der Waals surface area contributed by atoms with Crippen molar-refractivity contribution in [2.45, 2.75) is 26.2 Å². The first kappa shape index (κ1) is 14.0. The largest absolute Gasteiger partial charge is 0.285 e. The summed E-state index contributed by atoms with van der Waals surface area (Å²) in [7, 11) is 0.